The van der Waals surface area contributed by atoms with Crippen molar-refractivity contribution in [1.29, 1.82) is 0 Å². The van der Waals surface area contributed by atoms with Crippen molar-refractivity contribution < 1.29 is 13.2 Å². The molecule has 2 N–H and O–H groups in total. The number of carbonyl (C=O) groups excluding carboxylic acids is 1. The van der Waals surface area contributed by atoms with E-state index in [4.69, 9.17) is 0 Å². The van der Waals surface area contributed by atoms with Crippen molar-refractivity contribution in [1.82, 2.24) is 4.72 Å². The minimum Gasteiger partial charge on any atom is -0.324 e. The van der Waals surface area contributed by atoms with Gasteiger partial charge in [0.15, 0.2) is 0 Å². The summed E-state index contributed by atoms with van der Waals surface area (Å²) in [5.41, 5.74) is 5.72. The largest absolute Gasteiger partial charge is 0.324 e. The standard InChI is InChI=1S/C26H30N2O3S/c1-17-14-20(4)25(21(5)15-17)32(30,31)28-23(16-22-12-7-6-8-13-22)26(29)27-24-18(2)10-9-11-19(24)3/h6-15,23,28H,16H2,1-5H3,(H,27,29)/t23-/m0/s1. The van der Waals surface area contributed by atoms with Gasteiger partial charge in [-0.25, -0.2) is 8.42 Å². The highest BCUT2D eigenvalue weighted by molar-refractivity contribution is 7.89. The van der Waals surface area contributed by atoms with E-state index in [1.807, 2.05) is 81.4 Å². The van der Waals surface area contributed by atoms with Crippen LogP contribution in [0.3, 0.4) is 0 Å². The normalized spacial score (nSPS) is 12.4. The number of para-hydroxylation sites is 1. The highest BCUT2D eigenvalue weighted by atomic mass is 32.2. The number of benzene rings is 3. The lowest BCUT2D eigenvalue weighted by Gasteiger charge is -2.21. The molecule has 0 unspecified atom stereocenters. The summed E-state index contributed by atoms with van der Waals surface area (Å²) in [5, 5.41) is 2.95. The van der Waals surface area contributed by atoms with Gasteiger partial charge in [0.05, 0.1) is 4.90 Å². The van der Waals surface area contributed by atoms with Crippen LogP contribution in [-0.2, 0) is 21.2 Å². The molecule has 0 bridgehead atoms. The van der Waals surface area contributed by atoms with Crippen LogP contribution in [0.2, 0.25) is 0 Å². The first-order chi connectivity index (χ1) is 15.1. The van der Waals surface area contributed by atoms with Gasteiger partial charge in [-0.15, -0.1) is 0 Å². The monoisotopic (exact) mass is 450 g/mol. The number of hydrogen-bond donors (Lipinski definition) is 2. The third-order valence-electron chi connectivity index (χ3n) is 5.50. The van der Waals surface area contributed by atoms with Gasteiger partial charge in [0.1, 0.15) is 6.04 Å². The number of aryl methyl sites for hydroxylation is 5. The summed E-state index contributed by atoms with van der Waals surface area (Å²) >= 11 is 0. The van der Waals surface area contributed by atoms with Crippen molar-refractivity contribution in [2.75, 3.05) is 5.32 Å². The molecule has 0 radical (unpaired) electrons. The fraction of sp³-hybridized carbons (Fsp3) is 0.269. The van der Waals surface area contributed by atoms with Gasteiger partial charge in [0.25, 0.3) is 0 Å². The van der Waals surface area contributed by atoms with E-state index in [-0.39, 0.29) is 11.3 Å². The van der Waals surface area contributed by atoms with E-state index in [1.54, 1.807) is 13.8 Å². The molecule has 6 heteroatoms. The van der Waals surface area contributed by atoms with E-state index < -0.39 is 22.0 Å². The quantitative estimate of drug-likeness (QED) is 0.545. The lowest BCUT2D eigenvalue weighted by molar-refractivity contribution is -0.117. The molecule has 3 aromatic rings. The van der Waals surface area contributed by atoms with Crippen LogP contribution in [0.1, 0.15) is 33.4 Å². The highest BCUT2D eigenvalue weighted by Gasteiger charge is 2.29. The number of anilines is 1. The summed E-state index contributed by atoms with van der Waals surface area (Å²) in [4.78, 5) is 13.5. The van der Waals surface area contributed by atoms with Crippen molar-refractivity contribution in [3.8, 4) is 0 Å². The Kier molecular flexibility index (Phi) is 7.16. The van der Waals surface area contributed by atoms with Crippen molar-refractivity contribution in [2.45, 2.75) is 52.0 Å². The molecule has 0 fully saturated rings. The van der Waals surface area contributed by atoms with Gasteiger partial charge < -0.3 is 5.32 Å². The van der Waals surface area contributed by atoms with Gasteiger partial charge in [-0.05, 0) is 68.9 Å². The summed E-state index contributed by atoms with van der Waals surface area (Å²) in [6, 6.07) is 17.9. The lowest BCUT2D eigenvalue weighted by Crippen LogP contribution is -2.45. The van der Waals surface area contributed by atoms with Gasteiger partial charge >= 0.3 is 0 Å². The van der Waals surface area contributed by atoms with Gasteiger partial charge in [-0.2, -0.15) is 4.72 Å². The molecule has 1 atom stereocenters. The Morgan fingerprint density at radius 1 is 0.812 bits per heavy atom. The van der Waals surface area contributed by atoms with Crippen molar-refractivity contribution in [2.24, 2.45) is 0 Å². The van der Waals surface area contributed by atoms with Crippen LogP contribution in [0.5, 0.6) is 0 Å². The zero-order valence-electron chi connectivity index (χ0n) is 19.2. The number of sulfonamides is 1. The predicted molar refractivity (Wildman–Crippen MR) is 129 cm³/mol. The second-order valence-corrected chi connectivity index (χ2v) is 10.00. The zero-order chi connectivity index (χ0) is 23.5. The van der Waals surface area contributed by atoms with Gasteiger partial charge in [0, 0.05) is 5.69 Å². The number of amides is 1. The Hall–Kier alpha value is -2.96. The molecule has 0 saturated heterocycles. The predicted octanol–water partition coefficient (Wildman–Crippen LogP) is 4.76. The maximum absolute atomic E-state index is 13.4. The molecule has 32 heavy (non-hydrogen) atoms. The average molecular weight is 451 g/mol. The topological polar surface area (TPSA) is 75.3 Å². The first-order valence-corrected chi connectivity index (χ1v) is 12.1. The number of rotatable bonds is 7. The van der Waals surface area contributed by atoms with E-state index in [9.17, 15) is 13.2 Å². The molecule has 5 nitrogen and oxygen atoms in total. The van der Waals surface area contributed by atoms with Crippen LogP contribution in [0, 0.1) is 34.6 Å². The molecular weight excluding hydrogens is 420 g/mol. The molecular formula is C26H30N2O3S. The molecule has 0 heterocycles. The summed E-state index contributed by atoms with van der Waals surface area (Å²) in [6.45, 7) is 9.31. The molecule has 3 rings (SSSR count). The number of hydrogen-bond acceptors (Lipinski definition) is 3. The second-order valence-electron chi connectivity index (χ2n) is 8.35. The van der Waals surface area contributed by atoms with Crippen molar-refractivity contribution in [3.63, 3.8) is 0 Å². The van der Waals surface area contributed by atoms with Gasteiger partial charge in [-0.1, -0.05) is 66.2 Å². The van der Waals surface area contributed by atoms with Gasteiger partial charge in [-0.3, -0.25) is 4.79 Å². The van der Waals surface area contributed by atoms with Crippen LogP contribution >= 0.6 is 0 Å². The molecule has 1 amide bonds. The minimum atomic E-state index is -3.93. The van der Waals surface area contributed by atoms with Crippen LogP contribution in [-0.4, -0.2) is 20.4 Å². The van der Waals surface area contributed by atoms with E-state index in [2.05, 4.69) is 10.0 Å². The SMILES string of the molecule is Cc1cc(C)c(S(=O)(=O)N[C@@H](Cc2ccccc2)C(=O)Nc2c(C)cccc2C)c(C)c1. The number of carbonyl (C=O) groups is 1. The van der Waals surface area contributed by atoms with E-state index in [1.165, 1.54) is 0 Å². The third-order valence-corrected chi connectivity index (χ3v) is 7.28. The third kappa shape index (κ3) is 5.44. The first kappa shape index (κ1) is 23.7. The minimum absolute atomic E-state index is 0.223. The summed E-state index contributed by atoms with van der Waals surface area (Å²) < 4.78 is 29.4. The maximum atomic E-state index is 13.4. The van der Waals surface area contributed by atoms with Crippen LogP contribution in [0.4, 0.5) is 5.69 Å². The molecule has 168 valence electrons. The Balaban J connectivity index is 1.97. The Labute approximate surface area is 190 Å². The summed E-state index contributed by atoms with van der Waals surface area (Å²) in [6.07, 6.45) is 0.237. The molecule has 3 aromatic carbocycles. The van der Waals surface area contributed by atoms with Crippen molar-refractivity contribution in [3.05, 3.63) is 94.0 Å². The molecule has 0 aliphatic heterocycles. The lowest BCUT2D eigenvalue weighted by atomic mass is 10.0. The summed E-state index contributed by atoms with van der Waals surface area (Å²) in [5.74, 6) is -0.391. The molecule has 0 aliphatic carbocycles. The first-order valence-electron chi connectivity index (χ1n) is 10.6. The fourth-order valence-electron chi connectivity index (χ4n) is 4.10. The Bertz CT molecular complexity index is 1190. The number of nitrogens with one attached hydrogen (secondary N) is 2. The van der Waals surface area contributed by atoms with E-state index in [0.29, 0.717) is 16.8 Å². The molecule has 0 saturated carbocycles. The van der Waals surface area contributed by atoms with E-state index in [0.717, 1.165) is 22.3 Å². The maximum Gasteiger partial charge on any atom is 0.242 e. The van der Waals surface area contributed by atoms with E-state index >= 15 is 0 Å². The fourth-order valence-corrected chi connectivity index (χ4v) is 5.74. The van der Waals surface area contributed by atoms with Gasteiger partial charge in [0.2, 0.25) is 15.9 Å². The van der Waals surface area contributed by atoms with Crippen LogP contribution in [0.15, 0.2) is 65.6 Å². The highest BCUT2D eigenvalue weighted by Crippen LogP contribution is 2.23. The average Bonchev–Trinajstić information content (AvgIpc) is 2.69. The Morgan fingerprint density at radius 2 is 1.38 bits per heavy atom. The smallest absolute Gasteiger partial charge is 0.242 e. The molecule has 0 spiro atoms. The summed E-state index contributed by atoms with van der Waals surface area (Å²) in [7, 11) is -3.93. The Morgan fingerprint density at radius 3 is 1.94 bits per heavy atom. The van der Waals surface area contributed by atoms with Crippen LogP contribution < -0.4 is 10.0 Å². The van der Waals surface area contributed by atoms with Crippen molar-refractivity contribution >= 4 is 21.6 Å². The molecule has 0 aliphatic rings. The molecule has 0 aromatic heterocycles. The van der Waals surface area contributed by atoms with Crippen LogP contribution in [0.25, 0.3) is 0 Å². The second kappa shape index (κ2) is 9.67. The zero-order valence-corrected chi connectivity index (χ0v) is 20.0.